The third-order valence-electron chi connectivity index (χ3n) is 2.10. The van der Waals surface area contributed by atoms with Crippen LogP contribution in [0.25, 0.3) is 0 Å². The Morgan fingerprint density at radius 2 is 1.44 bits per heavy atom. The summed E-state index contributed by atoms with van der Waals surface area (Å²) in [4.78, 5) is 0. The van der Waals surface area contributed by atoms with Gasteiger partial charge in [-0.05, 0) is 11.1 Å². The van der Waals surface area contributed by atoms with Gasteiger partial charge in [-0.3, -0.25) is 0 Å². The lowest BCUT2D eigenvalue weighted by Gasteiger charge is -2.05. The number of rotatable bonds is 4. The van der Waals surface area contributed by atoms with Gasteiger partial charge in [0.1, 0.15) is 10.8 Å². The van der Waals surface area contributed by atoms with Crippen LogP contribution < -0.4 is 0 Å². The fraction of sp³-hybridized carbons (Fsp3) is 0.333. The normalized spacial score (nSPS) is 13.5. The first-order valence-electron chi connectivity index (χ1n) is 4.81. The minimum Gasteiger partial charge on any atom is -0.197 e. The van der Waals surface area contributed by atoms with Crippen molar-refractivity contribution in [3.05, 3.63) is 35.4 Å². The lowest BCUT2D eigenvalue weighted by atomic mass is 10.0. The largest absolute Gasteiger partial charge is 0.197 e. The molecule has 0 radical (unpaired) electrons. The second-order valence-electron chi connectivity index (χ2n) is 3.42. The van der Waals surface area contributed by atoms with Crippen molar-refractivity contribution >= 4 is 23.2 Å². The maximum Gasteiger partial charge on any atom is 0.124 e. The summed E-state index contributed by atoms with van der Waals surface area (Å²) < 4.78 is 0. The molecule has 0 aromatic heterocycles. The molecule has 82 valence electrons. The van der Waals surface area contributed by atoms with E-state index in [1.54, 1.807) is 0 Å². The maximum atomic E-state index is 8.60. The van der Waals surface area contributed by atoms with Crippen LogP contribution in [0, 0.1) is 22.7 Å². The van der Waals surface area contributed by atoms with Crippen molar-refractivity contribution in [3.63, 3.8) is 0 Å². The number of hydrogen-bond donors (Lipinski definition) is 0. The lowest BCUT2D eigenvalue weighted by Crippen LogP contribution is -2.03. The van der Waals surface area contributed by atoms with Crippen LogP contribution in [0.15, 0.2) is 24.3 Å². The Hall–Kier alpha value is -1.22. The summed E-state index contributed by atoms with van der Waals surface area (Å²) in [5.74, 6) is 0. The fourth-order valence-electron chi connectivity index (χ4n) is 1.39. The lowest BCUT2D eigenvalue weighted by molar-refractivity contribution is 0.983. The molecule has 1 aromatic rings. The van der Waals surface area contributed by atoms with E-state index in [9.17, 15) is 0 Å². The molecule has 0 aliphatic heterocycles. The summed E-state index contributed by atoms with van der Waals surface area (Å²) in [7, 11) is 0. The highest BCUT2D eigenvalue weighted by Gasteiger charge is 2.07. The molecule has 0 spiro atoms. The predicted molar refractivity (Wildman–Crippen MR) is 64.4 cm³/mol. The summed E-state index contributed by atoms with van der Waals surface area (Å²) in [6.45, 7) is 0. The Labute approximate surface area is 105 Å². The van der Waals surface area contributed by atoms with Gasteiger partial charge in [0.15, 0.2) is 0 Å². The van der Waals surface area contributed by atoms with Gasteiger partial charge in [-0.1, -0.05) is 24.3 Å². The molecular formula is C12H10Cl2N2. The topological polar surface area (TPSA) is 47.6 Å². The SMILES string of the molecule is N#CC(Cl)Cc1cccc(CC(Cl)C#N)c1. The number of halogens is 2. The summed E-state index contributed by atoms with van der Waals surface area (Å²) >= 11 is 11.5. The minimum atomic E-state index is -0.516. The second kappa shape index (κ2) is 6.38. The highest BCUT2D eigenvalue weighted by molar-refractivity contribution is 6.22. The van der Waals surface area contributed by atoms with Gasteiger partial charge in [0.2, 0.25) is 0 Å². The van der Waals surface area contributed by atoms with E-state index in [1.165, 1.54) is 0 Å². The zero-order valence-electron chi connectivity index (χ0n) is 8.53. The van der Waals surface area contributed by atoms with E-state index < -0.39 is 10.8 Å². The molecule has 0 saturated carbocycles. The number of hydrogen-bond acceptors (Lipinski definition) is 2. The van der Waals surface area contributed by atoms with Gasteiger partial charge in [0.25, 0.3) is 0 Å². The van der Waals surface area contributed by atoms with Crippen LogP contribution in [0.3, 0.4) is 0 Å². The van der Waals surface area contributed by atoms with Crippen LogP contribution in [-0.4, -0.2) is 10.8 Å². The molecular weight excluding hydrogens is 243 g/mol. The Morgan fingerprint density at radius 1 is 1.00 bits per heavy atom. The first kappa shape index (κ1) is 12.8. The van der Waals surface area contributed by atoms with Gasteiger partial charge in [0.05, 0.1) is 12.1 Å². The molecule has 1 aromatic carbocycles. The van der Waals surface area contributed by atoms with Crippen molar-refractivity contribution in [3.8, 4) is 12.1 Å². The van der Waals surface area contributed by atoms with E-state index in [4.69, 9.17) is 33.7 Å². The van der Waals surface area contributed by atoms with E-state index in [0.29, 0.717) is 12.8 Å². The van der Waals surface area contributed by atoms with E-state index in [2.05, 4.69) is 0 Å². The van der Waals surface area contributed by atoms with Crippen molar-refractivity contribution in [2.24, 2.45) is 0 Å². The molecule has 2 atom stereocenters. The average Bonchev–Trinajstić information content (AvgIpc) is 2.29. The Kier molecular flexibility index (Phi) is 5.12. The maximum absolute atomic E-state index is 8.60. The van der Waals surface area contributed by atoms with Gasteiger partial charge in [0, 0.05) is 12.8 Å². The van der Waals surface area contributed by atoms with Crippen LogP contribution in [0.4, 0.5) is 0 Å². The van der Waals surface area contributed by atoms with E-state index in [0.717, 1.165) is 11.1 Å². The van der Waals surface area contributed by atoms with Crippen LogP contribution in [0.5, 0.6) is 0 Å². The number of nitrogens with zero attached hydrogens (tertiary/aromatic N) is 2. The Bertz CT molecular complexity index is 394. The van der Waals surface area contributed by atoms with Crippen molar-refractivity contribution in [1.29, 1.82) is 10.5 Å². The highest BCUT2D eigenvalue weighted by atomic mass is 35.5. The van der Waals surface area contributed by atoms with Crippen LogP contribution in [0.2, 0.25) is 0 Å². The molecule has 2 nitrogen and oxygen atoms in total. The van der Waals surface area contributed by atoms with Gasteiger partial charge >= 0.3 is 0 Å². The van der Waals surface area contributed by atoms with E-state index in [1.807, 2.05) is 36.4 Å². The molecule has 4 heteroatoms. The molecule has 16 heavy (non-hydrogen) atoms. The van der Waals surface area contributed by atoms with Gasteiger partial charge in [-0.25, -0.2) is 0 Å². The van der Waals surface area contributed by atoms with Crippen LogP contribution in [0.1, 0.15) is 11.1 Å². The average molecular weight is 253 g/mol. The smallest absolute Gasteiger partial charge is 0.124 e. The first-order chi connectivity index (χ1) is 7.65. The number of benzene rings is 1. The van der Waals surface area contributed by atoms with Gasteiger partial charge < -0.3 is 0 Å². The predicted octanol–water partition coefficient (Wildman–Crippen LogP) is 3.03. The number of alkyl halides is 2. The molecule has 0 aliphatic rings. The van der Waals surface area contributed by atoms with Gasteiger partial charge in [-0.15, -0.1) is 23.2 Å². The summed E-state index contributed by atoms with van der Waals surface area (Å²) in [6, 6.07) is 11.6. The summed E-state index contributed by atoms with van der Waals surface area (Å²) in [5, 5.41) is 16.2. The molecule has 0 bridgehead atoms. The zero-order valence-corrected chi connectivity index (χ0v) is 10.0. The summed E-state index contributed by atoms with van der Waals surface area (Å²) in [6.07, 6.45) is 1.01. The quantitative estimate of drug-likeness (QED) is 0.774. The number of nitriles is 2. The van der Waals surface area contributed by atoms with Crippen LogP contribution >= 0.6 is 23.2 Å². The standard InChI is InChI=1S/C12H10Cl2N2/c13-11(7-15)5-9-2-1-3-10(4-9)6-12(14)8-16/h1-4,11-12H,5-6H2. The Balaban J connectivity index is 2.72. The Morgan fingerprint density at radius 3 is 1.81 bits per heavy atom. The van der Waals surface area contributed by atoms with Crippen LogP contribution in [-0.2, 0) is 12.8 Å². The zero-order chi connectivity index (χ0) is 12.0. The molecule has 1 rings (SSSR count). The molecule has 2 unspecified atom stereocenters. The third-order valence-corrected chi connectivity index (χ3v) is 2.61. The molecule has 0 saturated heterocycles. The first-order valence-corrected chi connectivity index (χ1v) is 5.68. The molecule has 0 heterocycles. The van der Waals surface area contributed by atoms with Crippen molar-refractivity contribution < 1.29 is 0 Å². The fourth-order valence-corrected chi connectivity index (χ4v) is 1.75. The summed E-state index contributed by atoms with van der Waals surface area (Å²) in [5.41, 5.74) is 1.97. The molecule has 0 N–H and O–H groups in total. The van der Waals surface area contributed by atoms with Crippen molar-refractivity contribution in [1.82, 2.24) is 0 Å². The molecule has 0 fully saturated rings. The molecule has 0 amide bonds. The van der Waals surface area contributed by atoms with Gasteiger partial charge in [-0.2, -0.15) is 10.5 Å². The van der Waals surface area contributed by atoms with E-state index >= 15 is 0 Å². The van der Waals surface area contributed by atoms with Crippen molar-refractivity contribution in [2.45, 2.75) is 23.6 Å². The molecule has 0 aliphatic carbocycles. The second-order valence-corrected chi connectivity index (χ2v) is 4.48. The minimum absolute atomic E-state index is 0.505. The third kappa shape index (κ3) is 4.11. The monoisotopic (exact) mass is 252 g/mol. The van der Waals surface area contributed by atoms with Crippen molar-refractivity contribution in [2.75, 3.05) is 0 Å². The highest BCUT2D eigenvalue weighted by Crippen LogP contribution is 2.13. The van der Waals surface area contributed by atoms with E-state index in [-0.39, 0.29) is 0 Å².